The van der Waals surface area contributed by atoms with E-state index in [1.807, 2.05) is 0 Å². The summed E-state index contributed by atoms with van der Waals surface area (Å²) in [6.45, 7) is 1.55. The van der Waals surface area contributed by atoms with Crippen LogP contribution in [0.3, 0.4) is 0 Å². The Morgan fingerprint density at radius 2 is 2.14 bits per heavy atom. The average molecular weight is 227 g/mol. The van der Waals surface area contributed by atoms with Crippen LogP contribution in [-0.2, 0) is 12.7 Å². The van der Waals surface area contributed by atoms with E-state index in [1.54, 1.807) is 0 Å². The highest BCUT2D eigenvalue weighted by Gasteiger charge is 2.35. The van der Waals surface area contributed by atoms with Crippen LogP contribution in [0.5, 0.6) is 0 Å². The molecule has 0 aromatic carbocycles. The van der Waals surface area contributed by atoms with Gasteiger partial charge in [-0.1, -0.05) is 11.6 Å². The van der Waals surface area contributed by atoms with Crippen molar-refractivity contribution in [2.75, 3.05) is 0 Å². The molecule has 0 atom stereocenters. The maximum atomic E-state index is 12.2. The van der Waals surface area contributed by atoms with E-state index in [-0.39, 0.29) is 11.7 Å². The Morgan fingerprint density at radius 1 is 1.57 bits per heavy atom. The zero-order chi connectivity index (χ0) is 10.9. The molecule has 1 aromatic rings. The number of alkyl halides is 3. The Kier molecular flexibility index (Phi) is 2.84. The zero-order valence-corrected chi connectivity index (χ0v) is 7.85. The second-order valence-corrected chi connectivity index (χ2v) is 2.89. The summed E-state index contributed by atoms with van der Waals surface area (Å²) in [5.41, 5.74) is -2.47. The first-order valence-corrected chi connectivity index (χ1v) is 4.09. The van der Waals surface area contributed by atoms with E-state index >= 15 is 0 Å². The Balaban J connectivity index is 3.45. The van der Waals surface area contributed by atoms with Crippen molar-refractivity contribution in [2.45, 2.75) is 19.6 Å². The summed E-state index contributed by atoms with van der Waals surface area (Å²) in [4.78, 5) is 11.1. The van der Waals surface area contributed by atoms with Crippen LogP contribution >= 0.6 is 11.6 Å². The van der Waals surface area contributed by atoms with E-state index in [2.05, 4.69) is 5.10 Å². The molecular formula is C7H6ClF3N2O. The Bertz CT molecular complexity index is 399. The Hall–Kier alpha value is -1.04. The Morgan fingerprint density at radius 3 is 2.57 bits per heavy atom. The van der Waals surface area contributed by atoms with Gasteiger partial charge in [-0.3, -0.25) is 4.79 Å². The van der Waals surface area contributed by atoms with Gasteiger partial charge in [0.15, 0.2) is 0 Å². The molecule has 0 unspecified atom stereocenters. The van der Waals surface area contributed by atoms with E-state index in [1.165, 1.54) is 6.92 Å². The van der Waals surface area contributed by atoms with E-state index in [0.717, 1.165) is 0 Å². The van der Waals surface area contributed by atoms with Gasteiger partial charge in [0.25, 0.3) is 5.56 Å². The summed E-state index contributed by atoms with van der Waals surface area (Å²) in [5.74, 6) is 0. The zero-order valence-electron chi connectivity index (χ0n) is 7.10. The highest BCUT2D eigenvalue weighted by Crippen LogP contribution is 2.27. The van der Waals surface area contributed by atoms with Gasteiger partial charge in [-0.05, 0) is 13.0 Å². The maximum absolute atomic E-state index is 12.2. The lowest BCUT2D eigenvalue weighted by Crippen LogP contribution is -2.30. The van der Waals surface area contributed by atoms with E-state index in [0.29, 0.717) is 10.7 Å². The standard InChI is InChI=1S/C7H6ClF3N2O/c1-2-13-6(14)4(7(9,10)11)3-5(8)12-13/h3H,2H2,1H3. The molecule has 7 heteroatoms. The molecule has 0 aliphatic carbocycles. The molecule has 0 N–H and O–H groups in total. The van der Waals surface area contributed by atoms with Crippen molar-refractivity contribution in [1.82, 2.24) is 9.78 Å². The highest BCUT2D eigenvalue weighted by atomic mass is 35.5. The largest absolute Gasteiger partial charge is 0.421 e. The van der Waals surface area contributed by atoms with Gasteiger partial charge in [-0.25, -0.2) is 4.68 Å². The molecule has 0 saturated carbocycles. The number of halogens is 4. The van der Waals surface area contributed by atoms with Crippen LogP contribution < -0.4 is 5.56 Å². The van der Waals surface area contributed by atoms with Crippen molar-refractivity contribution in [3.63, 3.8) is 0 Å². The maximum Gasteiger partial charge on any atom is 0.421 e. The van der Waals surface area contributed by atoms with Crippen LogP contribution in [0.2, 0.25) is 5.15 Å². The summed E-state index contributed by atoms with van der Waals surface area (Å²) in [6, 6.07) is 0.524. The molecule has 1 aromatic heterocycles. The fourth-order valence-corrected chi connectivity index (χ4v) is 1.13. The van der Waals surface area contributed by atoms with Crippen molar-refractivity contribution in [3.05, 3.63) is 27.1 Å². The van der Waals surface area contributed by atoms with Gasteiger partial charge in [0.05, 0.1) is 0 Å². The van der Waals surface area contributed by atoms with Gasteiger partial charge in [0.2, 0.25) is 0 Å². The van der Waals surface area contributed by atoms with Crippen molar-refractivity contribution >= 4 is 11.6 Å². The third kappa shape index (κ3) is 2.06. The molecule has 1 rings (SSSR count). The van der Waals surface area contributed by atoms with Gasteiger partial charge in [-0.15, -0.1) is 0 Å². The van der Waals surface area contributed by atoms with E-state index < -0.39 is 17.3 Å². The number of rotatable bonds is 1. The first-order chi connectivity index (χ1) is 6.36. The molecule has 0 bridgehead atoms. The summed E-state index contributed by atoms with van der Waals surface area (Å²) in [7, 11) is 0. The summed E-state index contributed by atoms with van der Waals surface area (Å²) >= 11 is 5.34. The fraction of sp³-hybridized carbons (Fsp3) is 0.429. The van der Waals surface area contributed by atoms with Crippen LogP contribution in [0.4, 0.5) is 13.2 Å². The first kappa shape index (κ1) is 11.0. The molecule has 0 amide bonds. The minimum absolute atomic E-state index is 0.0441. The van der Waals surface area contributed by atoms with Gasteiger partial charge >= 0.3 is 6.18 Å². The predicted molar refractivity (Wildman–Crippen MR) is 44.2 cm³/mol. The molecule has 0 radical (unpaired) electrons. The molecule has 1 heterocycles. The third-order valence-corrected chi connectivity index (χ3v) is 1.73. The average Bonchev–Trinajstić information content (AvgIpc) is 2.06. The molecule has 0 saturated heterocycles. The molecule has 0 spiro atoms. The van der Waals surface area contributed by atoms with Gasteiger partial charge in [-0.2, -0.15) is 18.3 Å². The monoisotopic (exact) mass is 226 g/mol. The lowest BCUT2D eigenvalue weighted by atomic mass is 10.3. The van der Waals surface area contributed by atoms with Crippen molar-refractivity contribution in [2.24, 2.45) is 0 Å². The van der Waals surface area contributed by atoms with Crippen LogP contribution in [0.15, 0.2) is 10.9 Å². The quantitative estimate of drug-likeness (QED) is 0.734. The van der Waals surface area contributed by atoms with E-state index in [4.69, 9.17) is 11.6 Å². The fourth-order valence-electron chi connectivity index (χ4n) is 0.927. The summed E-state index contributed by atoms with van der Waals surface area (Å²) in [6.07, 6.45) is -4.69. The van der Waals surface area contributed by atoms with E-state index in [9.17, 15) is 18.0 Å². The lowest BCUT2D eigenvalue weighted by molar-refractivity contribution is -0.139. The molecule has 3 nitrogen and oxygen atoms in total. The first-order valence-electron chi connectivity index (χ1n) is 3.71. The number of aromatic nitrogens is 2. The Labute approximate surface area is 82.1 Å². The second kappa shape index (κ2) is 3.61. The predicted octanol–water partition coefficient (Wildman–Crippen LogP) is 1.94. The van der Waals surface area contributed by atoms with Crippen LogP contribution in [0.25, 0.3) is 0 Å². The SMILES string of the molecule is CCn1nc(Cl)cc(C(F)(F)F)c1=O. The topological polar surface area (TPSA) is 34.9 Å². The number of hydrogen-bond donors (Lipinski definition) is 0. The van der Waals surface area contributed by atoms with Crippen LogP contribution in [0, 0.1) is 0 Å². The minimum Gasteiger partial charge on any atom is -0.267 e. The molecule has 14 heavy (non-hydrogen) atoms. The van der Waals surface area contributed by atoms with Gasteiger partial charge in [0, 0.05) is 6.54 Å². The number of aryl methyl sites for hydroxylation is 1. The smallest absolute Gasteiger partial charge is 0.267 e. The second-order valence-electron chi connectivity index (χ2n) is 2.50. The molecular weight excluding hydrogens is 221 g/mol. The molecule has 0 fully saturated rings. The van der Waals surface area contributed by atoms with Crippen molar-refractivity contribution in [1.29, 1.82) is 0 Å². The normalized spacial score (nSPS) is 11.8. The third-order valence-electron chi connectivity index (χ3n) is 1.55. The summed E-state index contributed by atoms with van der Waals surface area (Å²) < 4.78 is 37.4. The van der Waals surface area contributed by atoms with Crippen molar-refractivity contribution in [3.8, 4) is 0 Å². The highest BCUT2D eigenvalue weighted by molar-refractivity contribution is 6.29. The summed E-state index contributed by atoms with van der Waals surface area (Å²) in [5, 5.41) is 3.09. The van der Waals surface area contributed by atoms with Crippen LogP contribution in [0.1, 0.15) is 12.5 Å². The lowest BCUT2D eigenvalue weighted by Gasteiger charge is -2.08. The van der Waals surface area contributed by atoms with Gasteiger partial charge in [0.1, 0.15) is 10.7 Å². The van der Waals surface area contributed by atoms with Crippen molar-refractivity contribution < 1.29 is 13.2 Å². The van der Waals surface area contributed by atoms with Crippen LogP contribution in [-0.4, -0.2) is 9.78 Å². The molecule has 0 aliphatic heterocycles. The van der Waals surface area contributed by atoms with Gasteiger partial charge < -0.3 is 0 Å². The minimum atomic E-state index is -4.69. The molecule has 0 aliphatic rings. The molecule has 78 valence electrons. The number of hydrogen-bond acceptors (Lipinski definition) is 2. The number of nitrogens with zero attached hydrogens (tertiary/aromatic N) is 2.